The molecule has 0 amide bonds. The number of hydrogen-bond donors (Lipinski definition) is 1. The Morgan fingerprint density at radius 2 is 2.08 bits per heavy atom. The molecule has 3 rings (SSSR count). The maximum Gasteiger partial charge on any atom is 0.289 e. The van der Waals surface area contributed by atoms with Gasteiger partial charge in [-0.2, -0.15) is 9.49 Å². The van der Waals surface area contributed by atoms with Gasteiger partial charge in [-0.3, -0.25) is 0 Å². The van der Waals surface area contributed by atoms with E-state index in [4.69, 9.17) is 0 Å². The van der Waals surface area contributed by atoms with Gasteiger partial charge in [0.15, 0.2) is 5.69 Å². The maximum absolute atomic E-state index is 14.4. The van der Waals surface area contributed by atoms with Crippen molar-refractivity contribution in [1.29, 1.82) is 0 Å². The molecule has 10 heteroatoms. The third-order valence-corrected chi connectivity index (χ3v) is 4.19. The summed E-state index contributed by atoms with van der Waals surface area (Å²) in [6.45, 7) is 1.12. The van der Waals surface area contributed by atoms with Crippen LogP contribution in [0.4, 0.5) is 13.2 Å². The van der Waals surface area contributed by atoms with Crippen LogP contribution in [-0.2, 0) is 12.1 Å². The van der Waals surface area contributed by atoms with Crippen LogP contribution in [0.1, 0.15) is 24.1 Å². The fraction of sp³-hybridized carbons (Fsp3) is 0.250. The lowest BCUT2D eigenvalue weighted by Gasteiger charge is -2.33. The minimum Gasteiger partial charge on any atom is -0.711 e. The molecular formula is C16H14F3N5O2. The molecule has 0 radical (unpaired) electrons. The highest BCUT2D eigenvalue weighted by molar-refractivity contribution is 5.29. The number of rotatable bonds is 5. The van der Waals surface area contributed by atoms with Crippen LogP contribution in [0.3, 0.4) is 0 Å². The van der Waals surface area contributed by atoms with Crippen LogP contribution >= 0.6 is 0 Å². The van der Waals surface area contributed by atoms with Gasteiger partial charge in [0.05, 0.1) is 12.5 Å². The quantitative estimate of drug-likeness (QED) is 0.545. The second-order valence-corrected chi connectivity index (χ2v) is 5.83. The van der Waals surface area contributed by atoms with Gasteiger partial charge >= 0.3 is 0 Å². The van der Waals surface area contributed by atoms with E-state index in [0.717, 1.165) is 18.5 Å². The number of halogens is 3. The number of aromatic nitrogens is 5. The van der Waals surface area contributed by atoms with Gasteiger partial charge in [-0.1, -0.05) is 13.0 Å². The van der Waals surface area contributed by atoms with E-state index < -0.39 is 29.0 Å². The van der Waals surface area contributed by atoms with Crippen molar-refractivity contribution in [3.05, 3.63) is 77.3 Å². The van der Waals surface area contributed by atoms with Crippen LogP contribution in [0.15, 0.2) is 43.4 Å². The SMILES string of the molecule is CC(c1nc[n+]([O-])cc1F)C(O)(Cn1cncn1)c1ccc(F)cc1F. The van der Waals surface area contributed by atoms with Crippen molar-refractivity contribution in [2.75, 3.05) is 0 Å². The topological polar surface area (TPSA) is 90.8 Å². The molecule has 0 aliphatic heterocycles. The minimum absolute atomic E-state index is 0.167. The summed E-state index contributed by atoms with van der Waals surface area (Å²) in [7, 11) is 0. The Morgan fingerprint density at radius 3 is 2.69 bits per heavy atom. The van der Waals surface area contributed by atoms with E-state index in [-0.39, 0.29) is 22.5 Å². The van der Waals surface area contributed by atoms with Crippen molar-refractivity contribution in [2.45, 2.75) is 25.0 Å². The molecule has 0 aliphatic carbocycles. The molecule has 1 N–H and O–H groups in total. The van der Waals surface area contributed by atoms with Crippen LogP contribution in [0.25, 0.3) is 0 Å². The molecule has 1 aromatic carbocycles. The number of aliphatic hydroxyl groups is 1. The lowest BCUT2D eigenvalue weighted by molar-refractivity contribution is -0.610. The summed E-state index contributed by atoms with van der Waals surface area (Å²) < 4.78 is 43.3. The molecule has 0 saturated heterocycles. The Bertz CT molecular complexity index is 922. The summed E-state index contributed by atoms with van der Waals surface area (Å²) in [5, 5.41) is 26.3. The first-order chi connectivity index (χ1) is 12.3. The van der Waals surface area contributed by atoms with E-state index in [1.807, 2.05) is 0 Å². The predicted octanol–water partition coefficient (Wildman–Crippen LogP) is 1.42. The monoisotopic (exact) mass is 365 g/mol. The van der Waals surface area contributed by atoms with Crippen molar-refractivity contribution in [3.8, 4) is 0 Å². The van der Waals surface area contributed by atoms with E-state index in [0.29, 0.717) is 12.3 Å². The van der Waals surface area contributed by atoms with Crippen LogP contribution in [0.5, 0.6) is 0 Å². The number of benzene rings is 1. The van der Waals surface area contributed by atoms with Crippen LogP contribution in [0, 0.1) is 22.7 Å². The Morgan fingerprint density at radius 1 is 1.31 bits per heavy atom. The summed E-state index contributed by atoms with van der Waals surface area (Å²) in [5.74, 6) is -3.89. The Hall–Kier alpha value is -3.01. The lowest BCUT2D eigenvalue weighted by Crippen LogP contribution is -2.39. The molecule has 0 spiro atoms. The molecule has 3 aromatic rings. The Kier molecular flexibility index (Phi) is 4.60. The van der Waals surface area contributed by atoms with Gasteiger partial charge in [0.25, 0.3) is 6.33 Å². The second-order valence-electron chi connectivity index (χ2n) is 5.83. The molecule has 2 unspecified atom stereocenters. The average molecular weight is 365 g/mol. The third-order valence-electron chi connectivity index (χ3n) is 4.19. The maximum atomic E-state index is 14.4. The highest BCUT2D eigenvalue weighted by Gasteiger charge is 2.43. The first-order valence-electron chi connectivity index (χ1n) is 7.56. The molecule has 0 aliphatic rings. The Balaban J connectivity index is 2.13. The zero-order valence-corrected chi connectivity index (χ0v) is 13.6. The highest BCUT2D eigenvalue weighted by Crippen LogP contribution is 2.39. The molecule has 0 fully saturated rings. The molecule has 136 valence electrons. The van der Waals surface area contributed by atoms with Crippen molar-refractivity contribution in [1.82, 2.24) is 19.7 Å². The van der Waals surface area contributed by atoms with E-state index in [2.05, 4.69) is 15.1 Å². The summed E-state index contributed by atoms with van der Waals surface area (Å²) >= 11 is 0. The number of hydrogen-bond acceptors (Lipinski definition) is 5. The van der Waals surface area contributed by atoms with Crippen molar-refractivity contribution in [2.24, 2.45) is 0 Å². The van der Waals surface area contributed by atoms with Gasteiger partial charge in [0.1, 0.15) is 36.1 Å². The molecule has 0 saturated carbocycles. The molecule has 7 nitrogen and oxygen atoms in total. The van der Waals surface area contributed by atoms with Crippen molar-refractivity contribution >= 4 is 0 Å². The standard InChI is InChI=1S/C16H14F3N5O2/c1-10(15-14(19)5-24(26)9-21-15)16(25,6-23-8-20-7-22-23)12-3-2-11(17)4-13(12)18/h2-5,7-10,25H,6H2,1H3. The fourth-order valence-electron chi connectivity index (χ4n) is 2.79. The van der Waals surface area contributed by atoms with E-state index in [1.54, 1.807) is 0 Å². The number of nitrogens with zero attached hydrogens (tertiary/aromatic N) is 5. The average Bonchev–Trinajstić information content (AvgIpc) is 3.06. The molecule has 26 heavy (non-hydrogen) atoms. The summed E-state index contributed by atoms with van der Waals surface area (Å²) in [6, 6.07) is 2.68. The van der Waals surface area contributed by atoms with Crippen LogP contribution < -0.4 is 4.73 Å². The van der Waals surface area contributed by atoms with Gasteiger partial charge in [-0.15, -0.1) is 0 Å². The molecule has 2 atom stereocenters. The summed E-state index contributed by atoms with van der Waals surface area (Å²) in [6.07, 6.45) is 3.98. The van der Waals surface area contributed by atoms with E-state index >= 15 is 0 Å². The molecule has 0 bridgehead atoms. The lowest BCUT2D eigenvalue weighted by atomic mass is 9.79. The van der Waals surface area contributed by atoms with E-state index in [9.17, 15) is 23.5 Å². The molecule has 2 heterocycles. The van der Waals surface area contributed by atoms with Gasteiger partial charge < -0.3 is 10.3 Å². The zero-order valence-electron chi connectivity index (χ0n) is 13.6. The molecular weight excluding hydrogens is 351 g/mol. The minimum atomic E-state index is -2.05. The Labute approximate surface area is 146 Å². The van der Waals surface area contributed by atoms with E-state index in [1.165, 1.54) is 24.3 Å². The second kappa shape index (κ2) is 6.71. The van der Waals surface area contributed by atoms with Gasteiger partial charge in [0.2, 0.25) is 5.82 Å². The van der Waals surface area contributed by atoms with Gasteiger partial charge in [-0.25, -0.2) is 23.2 Å². The van der Waals surface area contributed by atoms with Gasteiger partial charge in [-0.05, 0) is 11.1 Å². The predicted molar refractivity (Wildman–Crippen MR) is 81.8 cm³/mol. The first-order valence-corrected chi connectivity index (χ1v) is 7.56. The van der Waals surface area contributed by atoms with Crippen LogP contribution in [0.2, 0.25) is 0 Å². The third kappa shape index (κ3) is 3.23. The summed E-state index contributed by atoms with van der Waals surface area (Å²) in [4.78, 5) is 7.47. The van der Waals surface area contributed by atoms with Crippen LogP contribution in [-0.4, -0.2) is 24.9 Å². The van der Waals surface area contributed by atoms with Crippen molar-refractivity contribution < 1.29 is 23.0 Å². The molecule has 2 aromatic heterocycles. The fourth-order valence-corrected chi connectivity index (χ4v) is 2.79. The highest BCUT2D eigenvalue weighted by atomic mass is 19.1. The largest absolute Gasteiger partial charge is 0.711 e. The smallest absolute Gasteiger partial charge is 0.289 e. The normalized spacial score (nSPS) is 14.8. The first kappa shape index (κ1) is 17.8. The van der Waals surface area contributed by atoms with Crippen molar-refractivity contribution in [3.63, 3.8) is 0 Å². The summed E-state index contributed by atoms with van der Waals surface area (Å²) in [5.41, 5.74) is -2.56. The van der Waals surface area contributed by atoms with Gasteiger partial charge in [0, 0.05) is 11.6 Å². The zero-order chi connectivity index (χ0) is 18.9.